The van der Waals surface area contributed by atoms with Gasteiger partial charge in [-0.3, -0.25) is 4.79 Å². The Hall–Kier alpha value is -1.37. The number of hydrogen-bond acceptors (Lipinski definition) is 4. The summed E-state index contributed by atoms with van der Waals surface area (Å²) >= 11 is 0. The Balaban J connectivity index is 3.43. The lowest BCUT2D eigenvalue weighted by atomic mass is 10.2. The molecule has 0 aliphatic heterocycles. The summed E-state index contributed by atoms with van der Waals surface area (Å²) in [6.45, 7) is 0. The smallest absolute Gasteiger partial charge is 0.232 e. The summed E-state index contributed by atoms with van der Waals surface area (Å²) < 4.78 is 0. The molecule has 0 fully saturated rings. The van der Waals surface area contributed by atoms with Crippen molar-refractivity contribution in [2.75, 3.05) is 0 Å². The summed E-state index contributed by atoms with van der Waals surface area (Å²) in [6.07, 6.45) is -0.620. The van der Waals surface area contributed by atoms with Crippen LogP contribution in [-0.2, 0) is 9.59 Å². The summed E-state index contributed by atoms with van der Waals surface area (Å²) in [5, 5.41) is 17.5. The molecule has 4 nitrogen and oxygen atoms in total. The Labute approximate surface area is 51.7 Å². The van der Waals surface area contributed by atoms with Gasteiger partial charge in [0.2, 0.25) is 5.78 Å². The van der Waals surface area contributed by atoms with Crippen molar-refractivity contribution in [3.8, 4) is 6.07 Å². The van der Waals surface area contributed by atoms with E-state index in [0.29, 0.717) is 0 Å². The molecule has 0 heterocycles. The molecule has 0 atom stereocenters. The van der Waals surface area contributed by atoms with Crippen molar-refractivity contribution < 1.29 is 14.7 Å². The molecule has 0 saturated carbocycles. The number of hydrogen-bond donors (Lipinski definition) is 0. The molecule has 4 heteroatoms. The van der Waals surface area contributed by atoms with Crippen LogP contribution in [0.15, 0.2) is 0 Å². The minimum atomic E-state index is -1.31. The van der Waals surface area contributed by atoms with Crippen molar-refractivity contribution in [2.45, 2.75) is 12.8 Å². The number of carbonyl (C=O) groups excluding carboxylic acids is 2. The second-order valence-electron chi connectivity index (χ2n) is 1.41. The van der Waals surface area contributed by atoms with E-state index in [-0.39, 0.29) is 12.8 Å². The van der Waals surface area contributed by atoms with Gasteiger partial charge in [0.05, 0.1) is 0 Å². The van der Waals surface area contributed by atoms with Crippen LogP contribution in [0.25, 0.3) is 0 Å². The molecule has 0 aromatic carbocycles. The second-order valence-corrected chi connectivity index (χ2v) is 1.41. The molecule has 0 amide bonds. The van der Waals surface area contributed by atoms with Crippen LogP contribution in [0.4, 0.5) is 0 Å². The highest BCUT2D eigenvalue weighted by atomic mass is 16.4. The molecule has 0 unspecified atom stereocenters. The molecule has 48 valence electrons. The van der Waals surface area contributed by atoms with Crippen molar-refractivity contribution in [1.82, 2.24) is 0 Å². The van der Waals surface area contributed by atoms with Gasteiger partial charge in [0.1, 0.15) is 6.07 Å². The lowest BCUT2D eigenvalue weighted by molar-refractivity contribution is -0.305. The SMILES string of the molecule is N#CC(=O)CCC(=O)[O-]. The first-order valence-corrected chi connectivity index (χ1v) is 2.29. The van der Waals surface area contributed by atoms with Gasteiger partial charge in [-0.25, -0.2) is 0 Å². The first-order chi connectivity index (χ1) is 4.16. The Morgan fingerprint density at radius 2 is 2.00 bits per heavy atom. The number of Topliss-reactive ketones (excluding diaryl/α,β-unsaturated/α-hetero) is 1. The van der Waals surface area contributed by atoms with E-state index in [0.717, 1.165) is 0 Å². The van der Waals surface area contributed by atoms with Gasteiger partial charge < -0.3 is 9.90 Å². The molecule has 0 spiro atoms. The van der Waals surface area contributed by atoms with Crippen molar-refractivity contribution in [1.29, 1.82) is 5.26 Å². The summed E-state index contributed by atoms with van der Waals surface area (Å²) in [6, 6.07) is 1.29. The fourth-order valence-corrected chi connectivity index (χ4v) is 0.271. The highest BCUT2D eigenvalue weighted by molar-refractivity contribution is 5.94. The highest BCUT2D eigenvalue weighted by Gasteiger charge is 1.96. The van der Waals surface area contributed by atoms with E-state index in [1.54, 1.807) is 0 Å². The van der Waals surface area contributed by atoms with Gasteiger partial charge in [0.15, 0.2) is 0 Å². The molecule has 0 aliphatic carbocycles. The molecule has 0 aromatic rings. The molecule has 0 rings (SSSR count). The number of rotatable bonds is 3. The van der Waals surface area contributed by atoms with Crippen molar-refractivity contribution in [3.63, 3.8) is 0 Å². The van der Waals surface area contributed by atoms with Gasteiger partial charge in [-0.1, -0.05) is 0 Å². The fraction of sp³-hybridized carbons (Fsp3) is 0.400. The van der Waals surface area contributed by atoms with E-state index >= 15 is 0 Å². The number of aliphatic carboxylic acids is 1. The number of nitriles is 1. The van der Waals surface area contributed by atoms with E-state index in [1.165, 1.54) is 6.07 Å². The van der Waals surface area contributed by atoms with E-state index in [4.69, 9.17) is 5.26 Å². The molecule has 0 aromatic heterocycles. The Morgan fingerprint density at radius 1 is 1.44 bits per heavy atom. The lowest BCUT2D eigenvalue weighted by Crippen LogP contribution is -2.22. The first kappa shape index (κ1) is 7.63. The lowest BCUT2D eigenvalue weighted by Gasteiger charge is -1.94. The standard InChI is InChI=1S/C5H5NO3/c6-3-4(7)1-2-5(8)9/h1-2H2,(H,8,9)/p-1. The normalized spacial score (nSPS) is 7.89. The Morgan fingerprint density at radius 3 is 2.33 bits per heavy atom. The Kier molecular flexibility index (Phi) is 3.06. The minimum Gasteiger partial charge on any atom is -0.550 e. The van der Waals surface area contributed by atoms with Gasteiger partial charge in [0, 0.05) is 12.4 Å². The quantitative estimate of drug-likeness (QED) is 0.436. The zero-order valence-corrected chi connectivity index (χ0v) is 4.59. The Bertz CT molecular complexity index is 168. The van der Waals surface area contributed by atoms with Crippen LogP contribution in [0.2, 0.25) is 0 Å². The van der Waals surface area contributed by atoms with Crippen LogP contribution in [-0.4, -0.2) is 11.8 Å². The maximum Gasteiger partial charge on any atom is 0.232 e. The van der Waals surface area contributed by atoms with Gasteiger partial charge >= 0.3 is 0 Å². The molecule has 9 heavy (non-hydrogen) atoms. The molecule has 0 radical (unpaired) electrons. The fourth-order valence-electron chi connectivity index (χ4n) is 0.271. The zero-order chi connectivity index (χ0) is 7.28. The van der Waals surface area contributed by atoms with Crippen LogP contribution < -0.4 is 5.11 Å². The maximum atomic E-state index is 10.1. The molecular formula is C5H4NO3-. The van der Waals surface area contributed by atoms with E-state index < -0.39 is 11.8 Å². The molecule has 0 bridgehead atoms. The van der Waals surface area contributed by atoms with Crippen LogP contribution >= 0.6 is 0 Å². The first-order valence-electron chi connectivity index (χ1n) is 2.29. The number of ketones is 1. The topological polar surface area (TPSA) is 81.0 Å². The van der Waals surface area contributed by atoms with Crippen molar-refractivity contribution in [2.24, 2.45) is 0 Å². The average Bonchev–Trinajstić information content (AvgIpc) is 1.83. The minimum absolute atomic E-state index is 0.251. The molecular weight excluding hydrogens is 122 g/mol. The summed E-state index contributed by atoms with van der Waals surface area (Å²) in [4.78, 5) is 19.7. The van der Waals surface area contributed by atoms with Crippen LogP contribution in [0.3, 0.4) is 0 Å². The predicted octanol–water partition coefficient (Wildman–Crippen LogP) is -1.39. The second kappa shape index (κ2) is 3.61. The number of nitrogens with zero attached hydrogens (tertiary/aromatic N) is 1. The third-order valence-corrected chi connectivity index (χ3v) is 0.681. The molecule has 0 N–H and O–H groups in total. The van der Waals surface area contributed by atoms with Gasteiger partial charge in [-0.2, -0.15) is 5.26 Å². The summed E-state index contributed by atoms with van der Waals surface area (Å²) in [5.41, 5.74) is 0. The number of carboxylic acids is 1. The van der Waals surface area contributed by atoms with Crippen LogP contribution in [0.5, 0.6) is 0 Å². The van der Waals surface area contributed by atoms with Crippen LogP contribution in [0.1, 0.15) is 12.8 Å². The number of carbonyl (C=O) groups is 2. The van der Waals surface area contributed by atoms with E-state index in [1.807, 2.05) is 0 Å². The third kappa shape index (κ3) is 4.48. The third-order valence-electron chi connectivity index (χ3n) is 0.681. The molecule has 0 aliphatic rings. The monoisotopic (exact) mass is 126 g/mol. The predicted molar refractivity (Wildman–Crippen MR) is 24.9 cm³/mol. The zero-order valence-electron chi connectivity index (χ0n) is 4.59. The van der Waals surface area contributed by atoms with Crippen molar-refractivity contribution in [3.05, 3.63) is 0 Å². The van der Waals surface area contributed by atoms with E-state index in [9.17, 15) is 14.7 Å². The average molecular weight is 126 g/mol. The summed E-state index contributed by atoms with van der Waals surface area (Å²) in [5.74, 6) is -2.03. The van der Waals surface area contributed by atoms with E-state index in [2.05, 4.69) is 0 Å². The maximum absolute atomic E-state index is 10.1. The number of carboxylic acid groups (broad SMARTS) is 1. The largest absolute Gasteiger partial charge is 0.550 e. The van der Waals surface area contributed by atoms with Crippen LogP contribution in [0, 0.1) is 11.3 Å². The van der Waals surface area contributed by atoms with Gasteiger partial charge in [0.25, 0.3) is 0 Å². The molecule has 0 saturated heterocycles. The summed E-state index contributed by atoms with van der Waals surface area (Å²) in [7, 11) is 0. The van der Waals surface area contributed by atoms with Gasteiger partial charge in [-0.15, -0.1) is 0 Å². The van der Waals surface area contributed by atoms with Gasteiger partial charge in [-0.05, 0) is 6.42 Å². The van der Waals surface area contributed by atoms with Crippen molar-refractivity contribution >= 4 is 11.8 Å². The highest BCUT2D eigenvalue weighted by Crippen LogP contribution is 1.86.